The number of carbonyl (C=O) groups is 7. The van der Waals surface area contributed by atoms with E-state index in [1.54, 1.807) is 0 Å². The highest BCUT2D eigenvalue weighted by atomic mass is 32.2. The van der Waals surface area contributed by atoms with Gasteiger partial charge in [0.1, 0.15) is 24.7 Å². The molecular formula is C16H25N3O10S. The highest BCUT2D eigenvalue weighted by Gasteiger charge is 2.24. The lowest BCUT2D eigenvalue weighted by Gasteiger charge is -2.18. The average molecular weight is 451 g/mol. The molecule has 30 heavy (non-hydrogen) atoms. The molecule has 0 aliphatic carbocycles. The van der Waals surface area contributed by atoms with E-state index in [1.807, 2.05) is 0 Å². The first-order valence-corrected chi connectivity index (χ1v) is 9.38. The number of aliphatic carboxylic acids is 2. The van der Waals surface area contributed by atoms with E-state index in [4.69, 9.17) is 25.8 Å². The largest absolute Gasteiger partial charge is 0.480 e. The zero-order valence-corrected chi connectivity index (χ0v) is 17.1. The summed E-state index contributed by atoms with van der Waals surface area (Å²) in [5.74, 6) is -4.74. The van der Waals surface area contributed by atoms with Crippen molar-refractivity contribution in [1.29, 1.82) is 0 Å². The molecule has 14 heteroatoms. The Balaban J connectivity index is 0. The maximum absolute atomic E-state index is 11.9. The molecule has 7 N–H and O–H groups in total. The zero-order valence-electron chi connectivity index (χ0n) is 16.3. The number of nitrogens with one attached hydrogen (secondary N) is 2. The van der Waals surface area contributed by atoms with Gasteiger partial charge in [-0.2, -0.15) is 0 Å². The van der Waals surface area contributed by atoms with Crippen molar-refractivity contribution in [2.24, 2.45) is 5.73 Å². The molecule has 170 valence electrons. The van der Waals surface area contributed by atoms with Crippen molar-refractivity contribution in [1.82, 2.24) is 10.6 Å². The number of aldehydes is 1. The fraction of sp³-hybridized carbons (Fsp3) is 0.562. The first-order chi connectivity index (χ1) is 13.8. The summed E-state index contributed by atoms with van der Waals surface area (Å²) in [6.07, 6.45) is -1.42. The normalized spacial score (nSPS) is 12.8. The van der Waals surface area contributed by atoms with Gasteiger partial charge in [0.2, 0.25) is 16.9 Å². The van der Waals surface area contributed by atoms with Gasteiger partial charge in [0.05, 0.1) is 0 Å². The molecule has 0 aliphatic heterocycles. The van der Waals surface area contributed by atoms with Gasteiger partial charge < -0.3 is 31.7 Å². The second-order valence-electron chi connectivity index (χ2n) is 5.75. The number of carboxylic acids is 2. The van der Waals surface area contributed by atoms with E-state index in [0.29, 0.717) is 11.8 Å². The molecule has 0 spiro atoms. The van der Waals surface area contributed by atoms with Gasteiger partial charge >= 0.3 is 11.9 Å². The van der Waals surface area contributed by atoms with Crippen molar-refractivity contribution in [3.8, 4) is 0 Å². The van der Waals surface area contributed by atoms with Crippen LogP contribution in [-0.2, 0) is 33.6 Å². The highest BCUT2D eigenvalue weighted by Crippen LogP contribution is 2.08. The number of hydrogen-bond acceptors (Lipinski definition) is 10. The van der Waals surface area contributed by atoms with Crippen LogP contribution in [0.2, 0.25) is 0 Å². The van der Waals surface area contributed by atoms with Gasteiger partial charge in [0.25, 0.3) is 0 Å². The summed E-state index contributed by atoms with van der Waals surface area (Å²) in [5, 5.41) is 30.0. The lowest BCUT2D eigenvalue weighted by molar-refractivity contribution is -0.139. The minimum absolute atomic E-state index is 0.162. The van der Waals surface area contributed by atoms with Crippen LogP contribution in [0.15, 0.2) is 0 Å². The standard InChI is InChI=1S/C13H21N3O8S.C3H4O2/c1-6(17)13(24)25-5-8(11(21)15-4-10(19)20)16-9(18)3-2-7(14)12(22)23;1-3(5)2-4/h6-8,17H,2-5,14H2,1H3,(H,15,21)(H,16,18)(H,19,20)(H,22,23);2H,1H3/t6-,7+,8+;/m1./s1. The van der Waals surface area contributed by atoms with Gasteiger partial charge in [0, 0.05) is 19.1 Å². The number of carboxylic acid groups (broad SMARTS) is 2. The third-order valence-electron chi connectivity index (χ3n) is 2.96. The van der Waals surface area contributed by atoms with Crippen LogP contribution in [0, 0.1) is 0 Å². The Labute approximate surface area is 175 Å². The van der Waals surface area contributed by atoms with E-state index >= 15 is 0 Å². The summed E-state index contributed by atoms with van der Waals surface area (Å²) in [7, 11) is 0. The number of amides is 2. The van der Waals surface area contributed by atoms with Gasteiger partial charge in [-0.15, -0.1) is 0 Å². The lowest BCUT2D eigenvalue weighted by atomic mass is 10.1. The number of carbonyl (C=O) groups excluding carboxylic acids is 5. The van der Waals surface area contributed by atoms with Crippen molar-refractivity contribution in [3.63, 3.8) is 0 Å². The second kappa shape index (κ2) is 16.0. The summed E-state index contributed by atoms with van der Waals surface area (Å²) in [6.45, 7) is 1.78. The van der Waals surface area contributed by atoms with Crippen LogP contribution in [-0.4, -0.2) is 86.7 Å². The van der Waals surface area contributed by atoms with Gasteiger partial charge in [-0.05, 0) is 13.3 Å². The maximum Gasteiger partial charge on any atom is 0.322 e. The molecule has 13 nitrogen and oxygen atoms in total. The van der Waals surface area contributed by atoms with Crippen molar-refractivity contribution >= 4 is 52.7 Å². The third-order valence-corrected chi connectivity index (χ3v) is 4.09. The van der Waals surface area contributed by atoms with Crippen molar-refractivity contribution in [2.75, 3.05) is 12.3 Å². The molecule has 3 atom stereocenters. The number of rotatable bonds is 12. The third kappa shape index (κ3) is 16.1. The van der Waals surface area contributed by atoms with Crippen molar-refractivity contribution < 1.29 is 48.9 Å². The van der Waals surface area contributed by atoms with E-state index in [0.717, 1.165) is 0 Å². The quantitative estimate of drug-likeness (QED) is 0.131. The zero-order chi connectivity index (χ0) is 23.9. The molecule has 0 bridgehead atoms. The Bertz CT molecular complexity index is 653. The van der Waals surface area contributed by atoms with E-state index in [1.165, 1.54) is 13.8 Å². The SMILES string of the molecule is CC(=O)C=O.C[C@@H](O)C(=O)SC[C@H](NC(=O)CC[C@H](N)C(=O)O)C(=O)NCC(=O)O. The van der Waals surface area contributed by atoms with Crippen LogP contribution >= 0.6 is 11.8 Å². The number of nitrogens with two attached hydrogens (primary N) is 1. The molecule has 0 rings (SSSR count). The molecule has 2 amide bonds. The van der Waals surface area contributed by atoms with Crippen molar-refractivity contribution in [3.05, 3.63) is 0 Å². The van der Waals surface area contributed by atoms with Crippen molar-refractivity contribution in [2.45, 2.75) is 44.9 Å². The number of aliphatic hydroxyl groups is 1. The van der Waals surface area contributed by atoms with E-state index < -0.39 is 59.4 Å². The van der Waals surface area contributed by atoms with E-state index in [9.17, 15) is 28.8 Å². The molecular weight excluding hydrogens is 426 g/mol. The monoisotopic (exact) mass is 451 g/mol. The molecule has 0 saturated carbocycles. The first kappa shape index (κ1) is 29.4. The number of hydrogen-bond donors (Lipinski definition) is 6. The van der Waals surface area contributed by atoms with Crippen LogP contribution in [0.25, 0.3) is 0 Å². The predicted octanol–water partition coefficient (Wildman–Crippen LogP) is -2.72. The van der Waals surface area contributed by atoms with Crippen LogP contribution < -0.4 is 16.4 Å². The Morgan fingerprint density at radius 3 is 2.07 bits per heavy atom. The summed E-state index contributed by atoms with van der Waals surface area (Å²) < 4.78 is 0. The summed E-state index contributed by atoms with van der Waals surface area (Å²) in [5.41, 5.74) is 5.27. The number of ketones is 1. The van der Waals surface area contributed by atoms with Crippen LogP contribution in [0.1, 0.15) is 26.7 Å². The molecule has 0 aliphatic rings. The van der Waals surface area contributed by atoms with Gasteiger partial charge in [-0.25, -0.2) is 0 Å². The second-order valence-corrected chi connectivity index (χ2v) is 6.77. The van der Waals surface area contributed by atoms with Gasteiger partial charge in [-0.1, -0.05) is 11.8 Å². The molecule has 0 fully saturated rings. The van der Waals surface area contributed by atoms with Crippen LogP contribution in [0.3, 0.4) is 0 Å². The number of thioether (sulfide) groups is 1. The molecule has 0 aromatic heterocycles. The van der Waals surface area contributed by atoms with Crippen LogP contribution in [0.4, 0.5) is 0 Å². The molecule has 0 saturated heterocycles. The average Bonchev–Trinajstić information content (AvgIpc) is 2.66. The predicted molar refractivity (Wildman–Crippen MR) is 103 cm³/mol. The smallest absolute Gasteiger partial charge is 0.322 e. The summed E-state index contributed by atoms with van der Waals surface area (Å²) >= 11 is 0.596. The highest BCUT2D eigenvalue weighted by molar-refractivity contribution is 8.13. The Kier molecular flexibility index (Phi) is 15.7. The molecule has 0 heterocycles. The van der Waals surface area contributed by atoms with Gasteiger partial charge in [0.15, 0.2) is 12.1 Å². The topological polar surface area (TPSA) is 230 Å². The maximum atomic E-state index is 11.9. The van der Waals surface area contributed by atoms with Gasteiger partial charge in [-0.3, -0.25) is 33.6 Å². The van der Waals surface area contributed by atoms with Crippen LogP contribution in [0.5, 0.6) is 0 Å². The molecule has 0 unspecified atom stereocenters. The number of aliphatic hydroxyl groups excluding tert-OH is 1. The molecule has 0 radical (unpaired) electrons. The Morgan fingerprint density at radius 2 is 1.67 bits per heavy atom. The Hall–Kier alpha value is -2.84. The van der Waals surface area contributed by atoms with E-state index in [2.05, 4.69) is 10.6 Å². The minimum Gasteiger partial charge on any atom is -0.480 e. The first-order valence-electron chi connectivity index (χ1n) is 8.39. The summed E-state index contributed by atoms with van der Waals surface area (Å²) in [6, 6.07) is -2.48. The Morgan fingerprint density at radius 1 is 1.13 bits per heavy atom. The molecule has 0 aromatic carbocycles. The fourth-order valence-corrected chi connectivity index (χ4v) is 2.24. The fourth-order valence-electron chi connectivity index (χ4n) is 1.43. The number of Topliss-reactive ketones (excluding diaryl/α,β-unsaturated/α-hetero) is 1. The summed E-state index contributed by atoms with van der Waals surface area (Å²) in [4.78, 5) is 74.8. The molecule has 0 aromatic rings. The minimum atomic E-state index is -1.29. The van der Waals surface area contributed by atoms with E-state index in [-0.39, 0.29) is 24.9 Å². The lowest BCUT2D eigenvalue weighted by Crippen LogP contribution is -2.49.